The minimum Gasteiger partial charge on any atom is -0.398 e. The maximum Gasteiger partial charge on any atom is 0.231 e. The van der Waals surface area contributed by atoms with E-state index in [2.05, 4.69) is 0 Å². The molecule has 0 unspecified atom stereocenters. The Balaban J connectivity index is 1.85. The van der Waals surface area contributed by atoms with Crippen LogP contribution in [0.4, 0.5) is 20.2 Å². The van der Waals surface area contributed by atoms with Crippen LogP contribution >= 0.6 is 0 Å². The summed E-state index contributed by atoms with van der Waals surface area (Å²) in [5.41, 5.74) is 8.30. The van der Waals surface area contributed by atoms with Crippen LogP contribution in [-0.4, -0.2) is 12.5 Å². The fourth-order valence-electron chi connectivity index (χ4n) is 2.66. The number of fused-ring (bicyclic) bond motifs is 1. The normalized spacial score (nSPS) is 13.3. The summed E-state index contributed by atoms with van der Waals surface area (Å²) in [4.78, 5) is 13.9. The quantitative estimate of drug-likeness (QED) is 0.864. The van der Waals surface area contributed by atoms with E-state index in [-0.39, 0.29) is 17.9 Å². The van der Waals surface area contributed by atoms with Crippen LogP contribution in [0.25, 0.3) is 0 Å². The van der Waals surface area contributed by atoms with E-state index in [9.17, 15) is 13.6 Å². The summed E-state index contributed by atoms with van der Waals surface area (Å²) >= 11 is 0. The van der Waals surface area contributed by atoms with Gasteiger partial charge in [-0.1, -0.05) is 18.2 Å². The van der Waals surface area contributed by atoms with Gasteiger partial charge in [-0.15, -0.1) is 0 Å². The molecule has 0 saturated carbocycles. The maximum atomic E-state index is 13.6. The molecule has 3 rings (SSSR count). The molecule has 0 radical (unpaired) electrons. The van der Waals surface area contributed by atoms with Crippen molar-refractivity contribution in [1.29, 1.82) is 0 Å². The van der Waals surface area contributed by atoms with Crippen molar-refractivity contribution in [2.45, 2.75) is 12.8 Å². The molecule has 1 aliphatic heterocycles. The van der Waals surface area contributed by atoms with Crippen molar-refractivity contribution in [3.8, 4) is 0 Å². The second kappa shape index (κ2) is 5.16. The van der Waals surface area contributed by atoms with Crippen LogP contribution in [0.5, 0.6) is 0 Å². The molecule has 0 spiro atoms. The third-order valence-corrected chi connectivity index (χ3v) is 3.74. The fourth-order valence-corrected chi connectivity index (χ4v) is 2.66. The zero-order valence-electron chi connectivity index (χ0n) is 11.3. The number of anilines is 2. The molecule has 2 aromatic carbocycles. The summed E-state index contributed by atoms with van der Waals surface area (Å²) in [6, 6.07) is 9.25. The van der Waals surface area contributed by atoms with E-state index in [0.717, 1.165) is 17.3 Å². The number of nitrogens with two attached hydrogens (primary N) is 1. The van der Waals surface area contributed by atoms with Gasteiger partial charge in [-0.25, -0.2) is 8.78 Å². The Morgan fingerprint density at radius 1 is 1.19 bits per heavy atom. The van der Waals surface area contributed by atoms with Gasteiger partial charge in [0.15, 0.2) is 11.6 Å². The number of amides is 1. The molecule has 2 aromatic rings. The SMILES string of the molecule is Nc1cccc2c1CCN2C(=O)Cc1cccc(F)c1F. The smallest absolute Gasteiger partial charge is 0.231 e. The monoisotopic (exact) mass is 288 g/mol. The van der Waals surface area contributed by atoms with Gasteiger partial charge in [-0.2, -0.15) is 0 Å². The van der Waals surface area contributed by atoms with Crippen molar-refractivity contribution in [3.63, 3.8) is 0 Å². The lowest BCUT2D eigenvalue weighted by molar-refractivity contribution is -0.117. The summed E-state index contributed by atoms with van der Waals surface area (Å²) in [5, 5.41) is 0. The van der Waals surface area contributed by atoms with Gasteiger partial charge in [0.2, 0.25) is 5.91 Å². The number of benzene rings is 2. The van der Waals surface area contributed by atoms with Crippen LogP contribution in [0.2, 0.25) is 0 Å². The maximum absolute atomic E-state index is 13.6. The first-order valence-electron chi connectivity index (χ1n) is 6.68. The minimum absolute atomic E-state index is 0.0670. The molecule has 0 fully saturated rings. The molecular formula is C16H14F2N2O. The molecule has 0 atom stereocenters. The number of nitrogens with zero attached hydrogens (tertiary/aromatic N) is 1. The minimum atomic E-state index is -0.960. The van der Waals surface area contributed by atoms with Crippen molar-refractivity contribution >= 4 is 17.3 Å². The molecule has 3 nitrogen and oxygen atoms in total. The molecule has 0 saturated heterocycles. The molecule has 1 aliphatic rings. The van der Waals surface area contributed by atoms with Crippen molar-refractivity contribution in [2.24, 2.45) is 0 Å². The lowest BCUT2D eigenvalue weighted by atomic mass is 10.1. The zero-order valence-corrected chi connectivity index (χ0v) is 11.3. The van der Waals surface area contributed by atoms with Gasteiger partial charge in [-0.3, -0.25) is 4.79 Å². The van der Waals surface area contributed by atoms with Crippen molar-refractivity contribution in [1.82, 2.24) is 0 Å². The van der Waals surface area contributed by atoms with Gasteiger partial charge in [0.25, 0.3) is 0 Å². The number of rotatable bonds is 2. The summed E-state index contributed by atoms with van der Waals surface area (Å²) in [5.74, 6) is -2.16. The van der Waals surface area contributed by atoms with Gasteiger partial charge >= 0.3 is 0 Å². The molecular weight excluding hydrogens is 274 g/mol. The van der Waals surface area contributed by atoms with Crippen molar-refractivity contribution in [2.75, 3.05) is 17.2 Å². The first-order chi connectivity index (χ1) is 10.1. The molecule has 5 heteroatoms. The standard InChI is InChI=1S/C16H14F2N2O/c17-12-4-1-3-10(16(12)18)9-15(21)20-8-7-11-13(19)5-2-6-14(11)20/h1-6H,7-9,19H2. The molecule has 0 aliphatic carbocycles. The average molecular weight is 288 g/mol. The van der Waals surface area contributed by atoms with Gasteiger partial charge in [-0.05, 0) is 24.6 Å². The highest BCUT2D eigenvalue weighted by Crippen LogP contribution is 2.32. The summed E-state index contributed by atoms with van der Waals surface area (Å²) in [6.45, 7) is 0.513. The van der Waals surface area contributed by atoms with E-state index in [0.29, 0.717) is 18.7 Å². The van der Waals surface area contributed by atoms with Crippen LogP contribution in [0, 0.1) is 11.6 Å². The third-order valence-electron chi connectivity index (χ3n) is 3.74. The highest BCUT2D eigenvalue weighted by atomic mass is 19.2. The van der Waals surface area contributed by atoms with Gasteiger partial charge in [0.1, 0.15) is 0 Å². The van der Waals surface area contributed by atoms with Gasteiger partial charge in [0.05, 0.1) is 6.42 Å². The molecule has 21 heavy (non-hydrogen) atoms. The third kappa shape index (κ3) is 2.35. The predicted molar refractivity (Wildman–Crippen MR) is 77.0 cm³/mol. The van der Waals surface area contributed by atoms with Crippen molar-refractivity contribution in [3.05, 3.63) is 59.2 Å². The Kier molecular flexibility index (Phi) is 3.33. The Bertz CT molecular complexity index is 715. The molecule has 0 bridgehead atoms. The van der Waals surface area contributed by atoms with Crippen molar-refractivity contribution < 1.29 is 13.6 Å². The number of carbonyl (C=O) groups is 1. The van der Waals surface area contributed by atoms with Crippen LogP contribution in [0.15, 0.2) is 36.4 Å². The van der Waals surface area contributed by atoms with Gasteiger partial charge in [0, 0.05) is 29.0 Å². The first-order valence-corrected chi connectivity index (χ1v) is 6.68. The van der Waals surface area contributed by atoms with Crippen LogP contribution in [0.1, 0.15) is 11.1 Å². The van der Waals surface area contributed by atoms with Crippen LogP contribution < -0.4 is 10.6 Å². The Morgan fingerprint density at radius 2 is 1.95 bits per heavy atom. The zero-order chi connectivity index (χ0) is 15.0. The van der Waals surface area contributed by atoms with Crippen LogP contribution in [0.3, 0.4) is 0 Å². The second-order valence-electron chi connectivity index (χ2n) is 5.03. The Labute approximate surface area is 121 Å². The molecule has 1 heterocycles. The highest BCUT2D eigenvalue weighted by Gasteiger charge is 2.26. The van der Waals surface area contributed by atoms with Gasteiger partial charge < -0.3 is 10.6 Å². The summed E-state index contributed by atoms with van der Waals surface area (Å²) < 4.78 is 26.8. The average Bonchev–Trinajstić information content (AvgIpc) is 2.89. The predicted octanol–water partition coefficient (Wildman–Crippen LogP) is 2.68. The van der Waals surface area contributed by atoms with E-state index in [1.54, 1.807) is 17.0 Å². The number of nitrogen functional groups attached to an aromatic ring is 1. The number of halogens is 2. The Hall–Kier alpha value is -2.43. The number of carbonyl (C=O) groups excluding carboxylic acids is 1. The molecule has 2 N–H and O–H groups in total. The first kappa shape index (κ1) is 13.5. The van der Waals surface area contributed by atoms with E-state index in [1.165, 1.54) is 12.1 Å². The topological polar surface area (TPSA) is 46.3 Å². The summed E-state index contributed by atoms with van der Waals surface area (Å²) in [7, 11) is 0. The lowest BCUT2D eigenvalue weighted by Crippen LogP contribution is -2.30. The van der Waals surface area contributed by atoms with Crippen LogP contribution in [-0.2, 0) is 17.6 Å². The van der Waals surface area contributed by atoms with E-state index < -0.39 is 11.6 Å². The van der Waals surface area contributed by atoms with E-state index in [1.807, 2.05) is 6.07 Å². The molecule has 1 amide bonds. The van der Waals surface area contributed by atoms with E-state index >= 15 is 0 Å². The molecule has 108 valence electrons. The number of hydrogen-bond acceptors (Lipinski definition) is 2. The molecule has 0 aromatic heterocycles. The van der Waals surface area contributed by atoms with E-state index in [4.69, 9.17) is 5.73 Å². The second-order valence-corrected chi connectivity index (χ2v) is 5.03. The number of hydrogen-bond donors (Lipinski definition) is 1. The largest absolute Gasteiger partial charge is 0.398 e. The highest BCUT2D eigenvalue weighted by molar-refractivity contribution is 5.97. The lowest BCUT2D eigenvalue weighted by Gasteiger charge is -2.17. The Morgan fingerprint density at radius 3 is 2.76 bits per heavy atom. The summed E-state index contributed by atoms with van der Waals surface area (Å²) in [6.07, 6.45) is 0.511. The fraction of sp³-hybridized carbons (Fsp3) is 0.188.